The number of rotatable bonds is 33. The summed E-state index contributed by atoms with van der Waals surface area (Å²) in [5.74, 6) is 1.58. The third-order valence-electron chi connectivity index (χ3n) is 8.82. The van der Waals surface area contributed by atoms with Crippen LogP contribution in [-0.2, 0) is 0 Å². The lowest BCUT2D eigenvalue weighted by Crippen LogP contribution is -2.02. The molecule has 3 heteroatoms. The van der Waals surface area contributed by atoms with Crippen LogP contribution in [0, 0.1) is 0 Å². The predicted octanol–water partition coefficient (Wildman–Crippen LogP) is 13.6. The highest BCUT2D eigenvalue weighted by atomic mass is 16.5. The third-order valence-corrected chi connectivity index (χ3v) is 8.82. The standard InChI is InChI=1S/C40H72O3/c1-4-6-8-10-12-14-16-18-20-22-24-26-28-30-32-42-39-34-38(37(3)41)35-40(36-39)43-33-31-29-27-25-23-21-19-17-15-13-11-9-7-5-2/h34-36H,4-33H2,1-3H3. The maximum Gasteiger partial charge on any atom is 0.160 e. The molecule has 0 spiro atoms. The van der Waals surface area contributed by atoms with Gasteiger partial charge in [-0.1, -0.05) is 181 Å². The Labute approximate surface area is 268 Å². The summed E-state index contributed by atoms with van der Waals surface area (Å²) in [4.78, 5) is 12.1. The van der Waals surface area contributed by atoms with Gasteiger partial charge >= 0.3 is 0 Å². The second-order valence-corrected chi connectivity index (χ2v) is 13.1. The smallest absolute Gasteiger partial charge is 0.160 e. The van der Waals surface area contributed by atoms with E-state index in [1.54, 1.807) is 6.92 Å². The van der Waals surface area contributed by atoms with Crippen molar-refractivity contribution in [3.05, 3.63) is 23.8 Å². The number of ketones is 1. The third kappa shape index (κ3) is 25.5. The van der Waals surface area contributed by atoms with Crippen molar-refractivity contribution in [3.8, 4) is 11.5 Å². The quantitative estimate of drug-likeness (QED) is 0.0594. The van der Waals surface area contributed by atoms with Crippen molar-refractivity contribution in [2.24, 2.45) is 0 Å². The second kappa shape index (κ2) is 30.5. The topological polar surface area (TPSA) is 35.5 Å². The molecule has 250 valence electrons. The van der Waals surface area contributed by atoms with Gasteiger partial charge in [0.05, 0.1) is 13.2 Å². The van der Waals surface area contributed by atoms with Gasteiger partial charge in [-0.3, -0.25) is 4.79 Å². The molecule has 0 N–H and O–H groups in total. The number of benzene rings is 1. The highest BCUT2D eigenvalue weighted by molar-refractivity contribution is 5.94. The van der Waals surface area contributed by atoms with Crippen molar-refractivity contribution in [3.63, 3.8) is 0 Å². The van der Waals surface area contributed by atoms with Crippen LogP contribution in [0.15, 0.2) is 18.2 Å². The highest BCUT2D eigenvalue weighted by Gasteiger charge is 2.07. The lowest BCUT2D eigenvalue weighted by molar-refractivity contribution is 0.101. The van der Waals surface area contributed by atoms with E-state index in [-0.39, 0.29) is 5.78 Å². The summed E-state index contributed by atoms with van der Waals surface area (Å²) >= 11 is 0. The van der Waals surface area contributed by atoms with Gasteiger partial charge in [-0.25, -0.2) is 0 Å². The Balaban J connectivity index is 2.05. The minimum absolute atomic E-state index is 0.0586. The van der Waals surface area contributed by atoms with E-state index in [0.29, 0.717) is 18.8 Å². The number of hydrogen-bond acceptors (Lipinski definition) is 3. The van der Waals surface area contributed by atoms with Crippen LogP contribution in [0.3, 0.4) is 0 Å². The molecule has 1 aromatic rings. The summed E-state index contributed by atoms with van der Waals surface area (Å²) in [6.45, 7) is 7.60. The van der Waals surface area contributed by atoms with E-state index >= 15 is 0 Å². The van der Waals surface area contributed by atoms with Crippen LogP contribution in [0.4, 0.5) is 0 Å². The first-order chi connectivity index (χ1) is 21.2. The Morgan fingerprint density at radius 2 is 0.674 bits per heavy atom. The molecule has 1 aromatic carbocycles. The van der Waals surface area contributed by atoms with Crippen molar-refractivity contribution in [2.45, 2.75) is 201 Å². The van der Waals surface area contributed by atoms with E-state index in [9.17, 15) is 4.79 Å². The summed E-state index contributed by atoms with van der Waals surface area (Å²) in [6, 6.07) is 5.69. The average molecular weight is 601 g/mol. The van der Waals surface area contributed by atoms with E-state index in [4.69, 9.17) is 9.47 Å². The molecule has 0 unspecified atom stereocenters. The van der Waals surface area contributed by atoms with Crippen molar-refractivity contribution < 1.29 is 14.3 Å². The van der Waals surface area contributed by atoms with Gasteiger partial charge in [0.1, 0.15) is 11.5 Å². The fraction of sp³-hybridized carbons (Fsp3) is 0.825. The first kappa shape index (κ1) is 39.5. The number of unbranched alkanes of at least 4 members (excludes halogenated alkanes) is 26. The van der Waals surface area contributed by atoms with E-state index < -0.39 is 0 Å². The van der Waals surface area contributed by atoms with Crippen molar-refractivity contribution in [1.29, 1.82) is 0 Å². The summed E-state index contributed by atoms with van der Waals surface area (Å²) in [7, 11) is 0. The molecule has 0 aliphatic heterocycles. The molecule has 3 nitrogen and oxygen atoms in total. The number of carbonyl (C=O) groups excluding carboxylic acids is 1. The van der Waals surface area contributed by atoms with Crippen LogP contribution in [0.1, 0.15) is 211 Å². The molecule has 0 bridgehead atoms. The molecule has 1 rings (SSSR count). The zero-order valence-electron chi connectivity index (χ0n) is 29.2. The predicted molar refractivity (Wildman–Crippen MR) is 188 cm³/mol. The lowest BCUT2D eigenvalue weighted by Gasteiger charge is -2.12. The molecule has 0 aromatic heterocycles. The molecule has 0 heterocycles. The molecule has 43 heavy (non-hydrogen) atoms. The summed E-state index contributed by atoms with van der Waals surface area (Å²) < 4.78 is 12.1. The van der Waals surface area contributed by atoms with Crippen LogP contribution in [0.5, 0.6) is 11.5 Å². The van der Waals surface area contributed by atoms with Crippen LogP contribution in [-0.4, -0.2) is 19.0 Å². The molecular formula is C40H72O3. The number of hydrogen-bond donors (Lipinski definition) is 0. The van der Waals surface area contributed by atoms with Gasteiger partial charge in [0, 0.05) is 11.6 Å². The summed E-state index contributed by atoms with van der Waals surface area (Å²) in [6.07, 6.45) is 38.0. The van der Waals surface area contributed by atoms with Gasteiger partial charge in [0.25, 0.3) is 0 Å². The molecule has 0 fully saturated rings. The van der Waals surface area contributed by atoms with Crippen LogP contribution < -0.4 is 9.47 Å². The average Bonchev–Trinajstić information content (AvgIpc) is 3.01. The molecule has 0 aliphatic rings. The number of carbonyl (C=O) groups is 1. The Morgan fingerprint density at radius 1 is 0.419 bits per heavy atom. The SMILES string of the molecule is CCCCCCCCCCCCCCCCOc1cc(OCCCCCCCCCCCCCCCC)cc(C(C)=O)c1. The summed E-state index contributed by atoms with van der Waals surface area (Å²) in [5.41, 5.74) is 0.675. The van der Waals surface area contributed by atoms with E-state index in [0.717, 1.165) is 24.3 Å². The first-order valence-electron chi connectivity index (χ1n) is 19.1. The zero-order valence-corrected chi connectivity index (χ0v) is 29.2. The van der Waals surface area contributed by atoms with Crippen molar-refractivity contribution >= 4 is 5.78 Å². The summed E-state index contributed by atoms with van der Waals surface area (Å²) in [5, 5.41) is 0. The molecule has 0 amide bonds. The maximum absolute atomic E-state index is 12.1. The van der Waals surface area contributed by atoms with Crippen LogP contribution >= 0.6 is 0 Å². The van der Waals surface area contributed by atoms with Gasteiger partial charge in [0.15, 0.2) is 5.78 Å². The zero-order chi connectivity index (χ0) is 31.1. The van der Waals surface area contributed by atoms with Gasteiger partial charge in [-0.15, -0.1) is 0 Å². The van der Waals surface area contributed by atoms with Crippen molar-refractivity contribution in [1.82, 2.24) is 0 Å². The van der Waals surface area contributed by atoms with Crippen molar-refractivity contribution in [2.75, 3.05) is 13.2 Å². The highest BCUT2D eigenvalue weighted by Crippen LogP contribution is 2.24. The lowest BCUT2D eigenvalue weighted by atomic mass is 10.0. The van der Waals surface area contributed by atoms with Crippen LogP contribution in [0.2, 0.25) is 0 Å². The fourth-order valence-electron chi connectivity index (χ4n) is 5.91. The van der Waals surface area contributed by atoms with Gasteiger partial charge < -0.3 is 9.47 Å². The Kier molecular flexibility index (Phi) is 28.0. The second-order valence-electron chi connectivity index (χ2n) is 13.1. The number of ether oxygens (including phenoxy) is 2. The maximum atomic E-state index is 12.1. The largest absolute Gasteiger partial charge is 0.493 e. The van der Waals surface area contributed by atoms with E-state index in [1.165, 1.54) is 167 Å². The molecule has 0 radical (unpaired) electrons. The fourth-order valence-corrected chi connectivity index (χ4v) is 5.91. The Hall–Kier alpha value is -1.51. The van der Waals surface area contributed by atoms with Crippen LogP contribution in [0.25, 0.3) is 0 Å². The monoisotopic (exact) mass is 601 g/mol. The molecular weight excluding hydrogens is 528 g/mol. The molecule has 0 aliphatic carbocycles. The number of Topliss-reactive ketones (excluding diaryl/α,β-unsaturated/α-hetero) is 1. The first-order valence-corrected chi connectivity index (χ1v) is 19.1. The van der Waals surface area contributed by atoms with Gasteiger partial charge in [0.2, 0.25) is 0 Å². The molecule has 0 atom stereocenters. The van der Waals surface area contributed by atoms with Gasteiger partial charge in [-0.2, -0.15) is 0 Å². The normalized spacial score (nSPS) is 11.2. The van der Waals surface area contributed by atoms with Gasteiger partial charge in [-0.05, 0) is 31.9 Å². The van der Waals surface area contributed by atoms with E-state index in [1.807, 2.05) is 18.2 Å². The minimum Gasteiger partial charge on any atom is -0.493 e. The molecule has 0 saturated carbocycles. The Bertz CT molecular complexity index is 691. The van der Waals surface area contributed by atoms with E-state index in [2.05, 4.69) is 13.8 Å². The minimum atomic E-state index is 0.0586. The molecule has 0 saturated heterocycles. The Morgan fingerprint density at radius 3 is 0.930 bits per heavy atom.